The summed E-state index contributed by atoms with van der Waals surface area (Å²) < 4.78 is 42.2. The van der Waals surface area contributed by atoms with Crippen molar-refractivity contribution in [3.8, 4) is 5.69 Å². The topological polar surface area (TPSA) is 63.1 Å². The first kappa shape index (κ1) is 22.8. The van der Waals surface area contributed by atoms with Crippen LogP contribution in [-0.2, 0) is 12.7 Å². The summed E-state index contributed by atoms with van der Waals surface area (Å²) in [7, 11) is 0. The predicted octanol–water partition coefficient (Wildman–Crippen LogP) is 5.49. The van der Waals surface area contributed by atoms with Gasteiger partial charge in [0.1, 0.15) is 0 Å². The van der Waals surface area contributed by atoms with Gasteiger partial charge >= 0.3 is 6.18 Å². The van der Waals surface area contributed by atoms with Gasteiger partial charge in [-0.15, -0.1) is 11.3 Å². The first-order valence-corrected chi connectivity index (χ1v) is 11.4. The van der Waals surface area contributed by atoms with Crippen LogP contribution in [0.2, 0.25) is 5.02 Å². The van der Waals surface area contributed by atoms with Gasteiger partial charge < -0.3 is 0 Å². The van der Waals surface area contributed by atoms with E-state index in [9.17, 15) is 18.0 Å². The van der Waals surface area contributed by atoms with Crippen LogP contribution >= 0.6 is 22.9 Å². The number of hydrogen-bond acceptors (Lipinski definition) is 5. The number of alkyl halides is 3. The molecule has 1 saturated heterocycles. The number of piperidine rings is 1. The van der Waals surface area contributed by atoms with Gasteiger partial charge in [-0.05, 0) is 50.0 Å². The zero-order valence-corrected chi connectivity index (χ0v) is 18.8. The van der Waals surface area contributed by atoms with Crippen molar-refractivity contribution in [2.75, 3.05) is 18.4 Å². The van der Waals surface area contributed by atoms with Crippen molar-refractivity contribution in [1.82, 2.24) is 19.7 Å². The summed E-state index contributed by atoms with van der Waals surface area (Å²) in [5.74, 6) is -0.203. The monoisotopic (exact) mass is 483 g/mol. The van der Waals surface area contributed by atoms with Gasteiger partial charge in [-0.1, -0.05) is 24.6 Å². The first-order chi connectivity index (χ1) is 15.2. The number of likely N-dealkylation sites (tertiary alicyclic amines) is 1. The lowest BCUT2D eigenvalue weighted by atomic mass is 9.99. The Balaban J connectivity index is 1.52. The maximum Gasteiger partial charge on any atom is 0.434 e. The fraction of sp³-hybridized carbons (Fsp3) is 0.381. The van der Waals surface area contributed by atoms with E-state index in [-0.39, 0.29) is 15.8 Å². The van der Waals surface area contributed by atoms with Gasteiger partial charge in [-0.3, -0.25) is 15.0 Å². The highest BCUT2D eigenvalue weighted by Crippen LogP contribution is 2.34. The van der Waals surface area contributed by atoms with Crippen molar-refractivity contribution in [1.29, 1.82) is 0 Å². The molecule has 1 fully saturated rings. The van der Waals surface area contributed by atoms with Crippen molar-refractivity contribution in [3.63, 3.8) is 0 Å². The minimum absolute atomic E-state index is 0.108. The van der Waals surface area contributed by atoms with E-state index in [4.69, 9.17) is 11.6 Å². The molecular weight excluding hydrogens is 463 g/mol. The van der Waals surface area contributed by atoms with Gasteiger partial charge in [0.2, 0.25) is 0 Å². The molecule has 0 radical (unpaired) electrons. The SMILES string of the molecule is CC1CCN(Cc2csc(NC(=O)c3cnn(-c4cccc(Cl)c4)c3C(F)(F)F)n2)CC1. The van der Waals surface area contributed by atoms with Crippen LogP contribution in [0.4, 0.5) is 18.3 Å². The Morgan fingerprint density at radius 3 is 2.75 bits per heavy atom. The Hall–Kier alpha value is -2.43. The number of anilines is 1. The van der Waals surface area contributed by atoms with Gasteiger partial charge in [0.25, 0.3) is 5.91 Å². The molecule has 0 atom stereocenters. The zero-order valence-electron chi connectivity index (χ0n) is 17.2. The number of nitrogens with one attached hydrogen (secondary N) is 1. The largest absolute Gasteiger partial charge is 0.434 e. The van der Waals surface area contributed by atoms with Crippen molar-refractivity contribution >= 4 is 34.0 Å². The normalized spacial score (nSPS) is 15.8. The van der Waals surface area contributed by atoms with Crippen LogP contribution in [0.5, 0.6) is 0 Å². The lowest BCUT2D eigenvalue weighted by Crippen LogP contribution is -2.32. The maximum atomic E-state index is 13.8. The van der Waals surface area contributed by atoms with Gasteiger partial charge in [0.15, 0.2) is 10.8 Å². The number of thiazole rings is 1. The molecule has 6 nitrogen and oxygen atoms in total. The quantitative estimate of drug-likeness (QED) is 0.521. The molecule has 0 saturated carbocycles. The van der Waals surface area contributed by atoms with Crippen molar-refractivity contribution < 1.29 is 18.0 Å². The molecule has 3 heterocycles. The summed E-state index contributed by atoms with van der Waals surface area (Å²) in [6.07, 6.45) is -1.64. The molecule has 1 amide bonds. The Morgan fingerprint density at radius 1 is 1.31 bits per heavy atom. The van der Waals surface area contributed by atoms with Crippen LogP contribution in [-0.4, -0.2) is 38.7 Å². The summed E-state index contributed by atoms with van der Waals surface area (Å²) in [6, 6.07) is 5.84. The molecule has 1 aliphatic rings. The number of amides is 1. The van der Waals surface area contributed by atoms with Gasteiger partial charge in [0.05, 0.1) is 23.1 Å². The van der Waals surface area contributed by atoms with E-state index in [1.165, 1.54) is 29.5 Å². The molecule has 170 valence electrons. The highest BCUT2D eigenvalue weighted by atomic mass is 35.5. The van der Waals surface area contributed by atoms with Gasteiger partial charge in [-0.2, -0.15) is 18.3 Å². The lowest BCUT2D eigenvalue weighted by Gasteiger charge is -2.29. The van der Waals surface area contributed by atoms with Crippen LogP contribution < -0.4 is 5.32 Å². The predicted molar refractivity (Wildman–Crippen MR) is 117 cm³/mol. The highest BCUT2D eigenvalue weighted by Gasteiger charge is 2.40. The molecular formula is C21H21ClF3N5OS. The fourth-order valence-electron chi connectivity index (χ4n) is 3.64. The molecule has 1 N–H and O–H groups in total. The number of carbonyl (C=O) groups excluding carboxylic acids is 1. The Kier molecular flexibility index (Phi) is 6.55. The molecule has 3 aromatic rings. The van der Waals surface area contributed by atoms with Crippen LogP contribution in [0.1, 0.15) is 41.5 Å². The van der Waals surface area contributed by atoms with E-state index < -0.39 is 23.3 Å². The lowest BCUT2D eigenvalue weighted by molar-refractivity contribution is -0.143. The van der Waals surface area contributed by atoms with Crippen molar-refractivity contribution in [3.05, 3.63) is 57.8 Å². The number of halogens is 4. The number of benzene rings is 1. The molecule has 1 aromatic carbocycles. The number of carbonyl (C=O) groups is 1. The number of aromatic nitrogens is 3. The van der Waals surface area contributed by atoms with Crippen LogP contribution in [0.25, 0.3) is 5.69 Å². The zero-order chi connectivity index (χ0) is 22.9. The molecule has 2 aromatic heterocycles. The number of hydrogen-bond donors (Lipinski definition) is 1. The Labute approximate surface area is 192 Å². The minimum Gasteiger partial charge on any atom is -0.298 e. The first-order valence-electron chi connectivity index (χ1n) is 10.1. The fourth-order valence-corrected chi connectivity index (χ4v) is 4.52. The van der Waals surface area contributed by atoms with E-state index in [2.05, 4.69) is 27.2 Å². The van der Waals surface area contributed by atoms with Gasteiger partial charge in [0, 0.05) is 16.9 Å². The number of rotatable bonds is 5. The summed E-state index contributed by atoms with van der Waals surface area (Å²) in [5, 5.41) is 8.60. The Morgan fingerprint density at radius 2 is 2.06 bits per heavy atom. The molecule has 1 aliphatic heterocycles. The van der Waals surface area contributed by atoms with Crippen LogP contribution in [0.3, 0.4) is 0 Å². The second-order valence-corrected chi connectivity index (χ2v) is 9.15. The summed E-state index contributed by atoms with van der Waals surface area (Å²) in [5.41, 5.74) is -0.863. The standard InChI is InChI=1S/C21H21ClF3N5OS/c1-13-5-7-29(8-6-13)11-15-12-32-20(27-15)28-19(31)17-10-26-30(18(17)21(23,24)25)16-4-2-3-14(22)9-16/h2-4,9-10,12-13H,5-8,11H2,1H3,(H,27,28,31). The van der Waals surface area contributed by atoms with Gasteiger partial charge in [-0.25, -0.2) is 9.67 Å². The molecule has 32 heavy (non-hydrogen) atoms. The second kappa shape index (κ2) is 9.21. The number of nitrogens with zero attached hydrogens (tertiary/aromatic N) is 4. The third-order valence-electron chi connectivity index (χ3n) is 5.37. The van der Waals surface area contributed by atoms with Crippen LogP contribution in [0, 0.1) is 5.92 Å². The summed E-state index contributed by atoms with van der Waals surface area (Å²) in [6.45, 7) is 4.85. The molecule has 4 rings (SSSR count). The van der Waals surface area contributed by atoms with E-state index in [1.807, 2.05) is 5.38 Å². The summed E-state index contributed by atoms with van der Waals surface area (Å²) in [4.78, 5) is 19.4. The molecule has 11 heteroatoms. The molecule has 0 spiro atoms. The Bertz CT molecular complexity index is 1110. The third kappa shape index (κ3) is 5.13. The van der Waals surface area contributed by atoms with Crippen molar-refractivity contribution in [2.24, 2.45) is 5.92 Å². The van der Waals surface area contributed by atoms with E-state index in [1.54, 1.807) is 6.07 Å². The van der Waals surface area contributed by atoms with E-state index >= 15 is 0 Å². The van der Waals surface area contributed by atoms with Crippen LogP contribution in [0.15, 0.2) is 35.8 Å². The average Bonchev–Trinajstić information content (AvgIpc) is 3.37. The molecule has 0 bridgehead atoms. The summed E-state index contributed by atoms with van der Waals surface area (Å²) >= 11 is 7.09. The van der Waals surface area contributed by atoms with E-state index in [0.717, 1.165) is 37.8 Å². The van der Waals surface area contributed by atoms with E-state index in [0.29, 0.717) is 17.1 Å². The van der Waals surface area contributed by atoms with Crippen molar-refractivity contribution in [2.45, 2.75) is 32.5 Å². The third-order valence-corrected chi connectivity index (χ3v) is 6.41. The molecule has 0 unspecified atom stereocenters. The maximum absolute atomic E-state index is 13.8. The average molecular weight is 484 g/mol. The highest BCUT2D eigenvalue weighted by molar-refractivity contribution is 7.14. The molecule has 0 aliphatic carbocycles. The minimum atomic E-state index is -4.80. The smallest absolute Gasteiger partial charge is 0.298 e. The second-order valence-electron chi connectivity index (χ2n) is 7.85.